The van der Waals surface area contributed by atoms with E-state index in [0.717, 1.165) is 16.8 Å². The first kappa shape index (κ1) is 24.4. The molecule has 35 heavy (non-hydrogen) atoms. The predicted molar refractivity (Wildman–Crippen MR) is 125 cm³/mol. The van der Waals surface area contributed by atoms with Crippen molar-refractivity contribution in [3.05, 3.63) is 40.5 Å². The molecule has 0 aliphatic carbocycles. The van der Waals surface area contributed by atoms with E-state index < -0.39 is 24.2 Å². The molecule has 1 aliphatic rings. The maximum Gasteiger partial charge on any atom is 0.408 e. The van der Waals surface area contributed by atoms with Crippen LogP contribution >= 0.6 is 11.3 Å². The van der Waals surface area contributed by atoms with Crippen molar-refractivity contribution in [2.75, 3.05) is 13.2 Å². The minimum absolute atomic E-state index is 0.185. The van der Waals surface area contributed by atoms with Crippen LogP contribution in [0.5, 0.6) is 5.75 Å². The van der Waals surface area contributed by atoms with Gasteiger partial charge in [-0.3, -0.25) is 9.67 Å². The van der Waals surface area contributed by atoms with E-state index in [1.165, 1.54) is 16.0 Å². The number of aliphatic imine (C=N–C) groups is 2. The molecule has 13 heteroatoms. The molecule has 4 rings (SSSR count). The van der Waals surface area contributed by atoms with Crippen LogP contribution in [0, 0.1) is 0 Å². The zero-order valence-corrected chi connectivity index (χ0v) is 19.5. The predicted octanol–water partition coefficient (Wildman–Crippen LogP) is 3.72. The van der Waals surface area contributed by atoms with E-state index in [1.807, 2.05) is 6.07 Å². The van der Waals surface area contributed by atoms with Crippen molar-refractivity contribution in [2.24, 2.45) is 15.7 Å². The molecule has 0 saturated heterocycles. The number of carboxylic acids is 1. The van der Waals surface area contributed by atoms with Crippen LogP contribution < -0.4 is 10.5 Å². The Morgan fingerprint density at radius 3 is 2.80 bits per heavy atom. The highest BCUT2D eigenvalue weighted by molar-refractivity contribution is 7.14. The molecular weight excluding hydrogens is 485 g/mol. The molecule has 0 fully saturated rings. The van der Waals surface area contributed by atoms with Crippen LogP contribution in [-0.2, 0) is 16.8 Å². The van der Waals surface area contributed by atoms with Crippen molar-refractivity contribution in [1.82, 2.24) is 14.8 Å². The number of aliphatic carboxylic acids is 1. The Labute approximate surface area is 201 Å². The van der Waals surface area contributed by atoms with Crippen LogP contribution in [0.2, 0.25) is 0 Å². The van der Waals surface area contributed by atoms with E-state index >= 15 is 0 Å². The molecule has 9 nitrogen and oxygen atoms in total. The Hall–Kier alpha value is -3.74. The third-order valence-electron chi connectivity index (χ3n) is 5.33. The van der Waals surface area contributed by atoms with Crippen LogP contribution in [0.25, 0.3) is 22.4 Å². The number of alkyl halides is 3. The minimum Gasteiger partial charge on any atom is -0.492 e. The van der Waals surface area contributed by atoms with Gasteiger partial charge in [-0.15, -0.1) is 11.3 Å². The highest BCUT2D eigenvalue weighted by Gasteiger charge is 2.31. The Kier molecular flexibility index (Phi) is 6.36. The van der Waals surface area contributed by atoms with Crippen LogP contribution in [-0.4, -0.2) is 57.3 Å². The smallest absolute Gasteiger partial charge is 0.408 e. The second kappa shape index (κ2) is 9.13. The summed E-state index contributed by atoms with van der Waals surface area (Å²) < 4.78 is 45.3. The van der Waals surface area contributed by atoms with Gasteiger partial charge in [0.05, 0.1) is 24.8 Å². The maximum absolute atomic E-state index is 12.7. The van der Waals surface area contributed by atoms with Gasteiger partial charge in [0.25, 0.3) is 0 Å². The normalized spacial score (nSPS) is 14.4. The number of rotatable bonds is 5. The van der Waals surface area contributed by atoms with Gasteiger partial charge >= 0.3 is 12.1 Å². The van der Waals surface area contributed by atoms with Gasteiger partial charge in [-0.25, -0.2) is 14.8 Å². The Morgan fingerprint density at radius 2 is 2.11 bits per heavy atom. The minimum atomic E-state index is -4.48. The Bertz CT molecular complexity index is 1330. The van der Waals surface area contributed by atoms with E-state index in [-0.39, 0.29) is 10.8 Å². The van der Waals surface area contributed by atoms with E-state index in [0.29, 0.717) is 35.6 Å². The molecule has 0 spiro atoms. The summed E-state index contributed by atoms with van der Waals surface area (Å²) in [5.74, 6) is -0.656. The fourth-order valence-electron chi connectivity index (χ4n) is 3.37. The molecule has 0 bridgehead atoms. The fraction of sp³-hybridized carbons (Fsp3) is 0.318. The SMILES string of the molecule is CC(C)(C(=O)O)n1cc(-c2ccc3c(c2)OCCc2sc(C(N=CN)=NCC(F)(F)F)nc2-3)cn1. The standard InChI is InChI=1S/C22H21F3N6O3S/c1-21(2,20(32)33)31-9-13(8-29-31)12-3-4-14-15(7-12)34-6-5-16-17(14)30-19(35-16)18(28-11-26)27-10-22(23,24)25/h3-4,7-9,11H,5-6,10H2,1-2H3,(H,32,33)(H2,26,27,28). The van der Waals surface area contributed by atoms with Gasteiger partial charge in [0.2, 0.25) is 0 Å². The Balaban J connectivity index is 1.70. The fourth-order valence-corrected chi connectivity index (χ4v) is 4.39. The first-order valence-electron chi connectivity index (χ1n) is 10.4. The first-order valence-corrected chi connectivity index (χ1v) is 11.2. The first-order chi connectivity index (χ1) is 16.5. The lowest BCUT2D eigenvalue weighted by Gasteiger charge is -2.19. The zero-order valence-electron chi connectivity index (χ0n) is 18.7. The molecule has 3 N–H and O–H groups in total. The molecule has 184 valence electrons. The summed E-state index contributed by atoms with van der Waals surface area (Å²) >= 11 is 1.19. The highest BCUT2D eigenvalue weighted by Crippen LogP contribution is 2.40. The average molecular weight is 507 g/mol. The molecule has 3 heterocycles. The third-order valence-corrected chi connectivity index (χ3v) is 6.44. The quantitative estimate of drug-likeness (QED) is 0.401. The highest BCUT2D eigenvalue weighted by atomic mass is 32.1. The molecule has 0 saturated carbocycles. The largest absolute Gasteiger partial charge is 0.492 e. The molecule has 0 atom stereocenters. The van der Waals surface area contributed by atoms with Crippen molar-refractivity contribution in [3.63, 3.8) is 0 Å². The van der Waals surface area contributed by atoms with E-state index in [2.05, 4.69) is 20.1 Å². The number of aromatic nitrogens is 3. The van der Waals surface area contributed by atoms with Crippen LogP contribution in [0.3, 0.4) is 0 Å². The van der Waals surface area contributed by atoms with Crippen LogP contribution in [0.4, 0.5) is 13.2 Å². The van der Waals surface area contributed by atoms with E-state index in [4.69, 9.17) is 10.5 Å². The molecule has 2 aromatic heterocycles. The molecule has 3 aromatic rings. The zero-order chi connectivity index (χ0) is 25.4. The summed E-state index contributed by atoms with van der Waals surface area (Å²) in [7, 11) is 0. The topological polar surface area (TPSA) is 128 Å². The van der Waals surface area contributed by atoms with Gasteiger partial charge in [0.15, 0.2) is 16.4 Å². The number of thiazole rings is 1. The number of nitrogens with two attached hydrogens (primary N) is 1. The van der Waals surface area contributed by atoms with Gasteiger partial charge in [-0.05, 0) is 31.5 Å². The molecule has 1 aromatic carbocycles. The number of nitrogens with zero attached hydrogens (tertiary/aromatic N) is 5. The summed E-state index contributed by atoms with van der Waals surface area (Å²) in [4.78, 5) is 24.2. The molecule has 0 amide bonds. The second-order valence-electron chi connectivity index (χ2n) is 8.17. The number of amidine groups is 1. The third kappa shape index (κ3) is 5.04. The lowest BCUT2D eigenvalue weighted by molar-refractivity contribution is -0.146. The van der Waals surface area contributed by atoms with Crippen molar-refractivity contribution in [3.8, 4) is 28.1 Å². The van der Waals surface area contributed by atoms with Crippen molar-refractivity contribution in [1.29, 1.82) is 0 Å². The average Bonchev–Trinajstić information content (AvgIpc) is 3.41. The number of benzene rings is 1. The second-order valence-corrected chi connectivity index (χ2v) is 9.25. The lowest BCUT2D eigenvalue weighted by atomic mass is 10.0. The number of carbonyl (C=O) groups is 1. The monoisotopic (exact) mass is 506 g/mol. The number of hydrogen-bond donors (Lipinski definition) is 2. The molecular formula is C22H21F3N6O3S. The van der Waals surface area contributed by atoms with Gasteiger partial charge in [-0.1, -0.05) is 6.07 Å². The summed E-state index contributed by atoms with van der Waals surface area (Å²) in [5, 5.41) is 13.9. The molecule has 0 unspecified atom stereocenters. The summed E-state index contributed by atoms with van der Waals surface area (Å²) in [5.41, 5.74) is 6.81. The molecule has 0 radical (unpaired) electrons. The number of hydrogen-bond acceptors (Lipinski definition) is 6. The number of fused-ring (bicyclic) bond motifs is 3. The van der Waals surface area contributed by atoms with Gasteiger partial charge in [0, 0.05) is 28.6 Å². The summed E-state index contributed by atoms with van der Waals surface area (Å²) in [6.45, 7) is 2.05. The van der Waals surface area contributed by atoms with Gasteiger partial charge in [0.1, 0.15) is 12.3 Å². The molecule has 1 aliphatic heterocycles. The van der Waals surface area contributed by atoms with Crippen molar-refractivity contribution < 1.29 is 27.8 Å². The van der Waals surface area contributed by atoms with Gasteiger partial charge < -0.3 is 15.6 Å². The number of halogens is 3. The lowest BCUT2D eigenvalue weighted by Crippen LogP contribution is -2.35. The van der Waals surface area contributed by atoms with E-state index in [1.54, 1.807) is 38.4 Å². The maximum atomic E-state index is 12.7. The van der Waals surface area contributed by atoms with Crippen molar-refractivity contribution >= 4 is 29.5 Å². The van der Waals surface area contributed by atoms with Crippen molar-refractivity contribution in [2.45, 2.75) is 32.0 Å². The van der Waals surface area contributed by atoms with Crippen LogP contribution in [0.1, 0.15) is 23.7 Å². The van der Waals surface area contributed by atoms with Crippen LogP contribution in [0.15, 0.2) is 40.6 Å². The Morgan fingerprint density at radius 1 is 1.34 bits per heavy atom. The summed E-state index contributed by atoms with van der Waals surface area (Å²) in [6, 6.07) is 5.42. The number of ether oxygens (including phenoxy) is 1. The number of carboxylic acid groups (broad SMARTS) is 1. The van der Waals surface area contributed by atoms with Gasteiger partial charge in [-0.2, -0.15) is 18.3 Å². The summed E-state index contributed by atoms with van der Waals surface area (Å²) in [6.07, 6.45) is 0.127. The van der Waals surface area contributed by atoms with E-state index in [9.17, 15) is 23.1 Å².